The van der Waals surface area contributed by atoms with Gasteiger partial charge in [-0.25, -0.2) is 8.42 Å². The van der Waals surface area contributed by atoms with Crippen molar-refractivity contribution in [2.75, 3.05) is 13.1 Å². The number of amides is 1. The zero-order valence-electron chi connectivity index (χ0n) is 17.7. The molecule has 2 aromatic rings. The Morgan fingerprint density at radius 2 is 1.80 bits per heavy atom. The van der Waals surface area contributed by atoms with Crippen molar-refractivity contribution in [1.82, 2.24) is 9.62 Å². The first kappa shape index (κ1) is 21.1. The quantitative estimate of drug-likeness (QED) is 0.792. The fourth-order valence-electron chi connectivity index (χ4n) is 4.51. The molecule has 30 heavy (non-hydrogen) atoms. The highest BCUT2D eigenvalue weighted by molar-refractivity contribution is 7.89. The van der Waals surface area contributed by atoms with Gasteiger partial charge in [-0.1, -0.05) is 35.9 Å². The van der Waals surface area contributed by atoms with Crippen molar-refractivity contribution in [1.29, 1.82) is 0 Å². The van der Waals surface area contributed by atoms with Gasteiger partial charge >= 0.3 is 0 Å². The van der Waals surface area contributed by atoms with Crippen LogP contribution in [0.2, 0.25) is 0 Å². The molecule has 1 saturated heterocycles. The van der Waals surface area contributed by atoms with Crippen LogP contribution in [0.25, 0.3) is 0 Å². The van der Waals surface area contributed by atoms with Gasteiger partial charge in [0.25, 0.3) is 0 Å². The molecule has 2 aliphatic rings. The van der Waals surface area contributed by atoms with Crippen molar-refractivity contribution in [3.63, 3.8) is 0 Å². The Morgan fingerprint density at radius 3 is 2.57 bits per heavy atom. The molecule has 5 nitrogen and oxygen atoms in total. The van der Waals surface area contributed by atoms with Crippen LogP contribution in [0.1, 0.15) is 54.5 Å². The number of sulfonamides is 1. The molecule has 160 valence electrons. The van der Waals surface area contributed by atoms with Crippen molar-refractivity contribution in [3.8, 4) is 0 Å². The molecule has 4 rings (SSSR count). The number of benzene rings is 2. The first-order valence-electron chi connectivity index (χ1n) is 10.8. The summed E-state index contributed by atoms with van der Waals surface area (Å²) in [6.45, 7) is 4.62. The number of nitrogens with one attached hydrogen (secondary N) is 1. The van der Waals surface area contributed by atoms with Crippen LogP contribution < -0.4 is 5.32 Å². The monoisotopic (exact) mass is 426 g/mol. The Labute approximate surface area is 179 Å². The zero-order valence-corrected chi connectivity index (χ0v) is 18.5. The largest absolute Gasteiger partial charge is 0.349 e. The SMILES string of the molecule is Cc1ccc(S(=O)(=O)N2CCC[C@H](C(=O)N[C@@H](C)c3ccc4c(c3)CCC4)C2)cc1. The lowest BCUT2D eigenvalue weighted by Gasteiger charge is -2.32. The number of rotatable bonds is 5. The fourth-order valence-corrected chi connectivity index (χ4v) is 6.03. The molecule has 0 saturated carbocycles. The number of fused-ring (bicyclic) bond motifs is 1. The standard InChI is InChI=1S/C24H30N2O3S/c1-17-8-12-23(13-9-17)30(28,29)26-14-4-7-22(16-26)24(27)25-18(2)20-11-10-19-5-3-6-21(19)15-20/h8-13,15,18,22H,3-7,14,16H2,1-2H3,(H,25,27)/t18-,22-/m0/s1. The lowest BCUT2D eigenvalue weighted by molar-refractivity contribution is -0.126. The topological polar surface area (TPSA) is 66.5 Å². The van der Waals surface area contributed by atoms with Crippen LogP contribution in [-0.2, 0) is 27.7 Å². The molecule has 2 atom stereocenters. The van der Waals surface area contributed by atoms with Gasteiger partial charge in [-0.3, -0.25) is 4.79 Å². The van der Waals surface area contributed by atoms with Crippen LogP contribution in [0.4, 0.5) is 0 Å². The lowest BCUT2D eigenvalue weighted by atomic mass is 9.97. The zero-order chi connectivity index (χ0) is 21.3. The van der Waals surface area contributed by atoms with Gasteiger partial charge in [0.1, 0.15) is 0 Å². The first-order valence-corrected chi connectivity index (χ1v) is 12.3. The molecule has 1 aliphatic carbocycles. The Hall–Kier alpha value is -2.18. The summed E-state index contributed by atoms with van der Waals surface area (Å²) in [5.74, 6) is -0.386. The predicted octanol–water partition coefficient (Wildman–Crippen LogP) is 3.76. The van der Waals surface area contributed by atoms with E-state index in [1.54, 1.807) is 24.3 Å². The molecule has 2 aromatic carbocycles. The number of carbonyl (C=O) groups excluding carboxylic acids is 1. The normalized spacial score (nSPS) is 20.5. The number of hydrogen-bond donors (Lipinski definition) is 1. The predicted molar refractivity (Wildman–Crippen MR) is 118 cm³/mol. The Bertz CT molecular complexity index is 1030. The van der Waals surface area contributed by atoms with E-state index in [1.807, 2.05) is 13.8 Å². The van der Waals surface area contributed by atoms with Gasteiger partial charge < -0.3 is 5.32 Å². The van der Waals surface area contributed by atoms with Crippen molar-refractivity contribution in [3.05, 3.63) is 64.7 Å². The van der Waals surface area contributed by atoms with Gasteiger partial charge in [-0.2, -0.15) is 4.31 Å². The van der Waals surface area contributed by atoms with Gasteiger partial charge in [-0.05, 0) is 74.8 Å². The molecule has 0 bridgehead atoms. The van der Waals surface area contributed by atoms with Gasteiger partial charge in [0.2, 0.25) is 15.9 Å². The molecular weight excluding hydrogens is 396 g/mol. The second-order valence-electron chi connectivity index (χ2n) is 8.63. The molecule has 0 aromatic heterocycles. The molecule has 6 heteroatoms. The van der Waals surface area contributed by atoms with E-state index >= 15 is 0 Å². The molecule has 1 amide bonds. The van der Waals surface area contributed by atoms with Crippen LogP contribution in [0.3, 0.4) is 0 Å². The van der Waals surface area contributed by atoms with Crippen LogP contribution in [0.15, 0.2) is 47.4 Å². The highest BCUT2D eigenvalue weighted by Crippen LogP contribution is 2.27. The van der Waals surface area contributed by atoms with E-state index in [1.165, 1.54) is 21.9 Å². The average Bonchev–Trinajstić information content (AvgIpc) is 3.22. The number of piperidine rings is 1. The van der Waals surface area contributed by atoms with Crippen LogP contribution in [0.5, 0.6) is 0 Å². The van der Waals surface area contributed by atoms with Gasteiger partial charge in [0.15, 0.2) is 0 Å². The molecule has 0 spiro atoms. The molecule has 0 unspecified atom stereocenters. The van der Waals surface area contributed by atoms with Gasteiger partial charge in [0, 0.05) is 13.1 Å². The van der Waals surface area contributed by atoms with E-state index in [0.717, 1.165) is 24.0 Å². The molecule has 1 heterocycles. The molecule has 1 fully saturated rings. The summed E-state index contributed by atoms with van der Waals surface area (Å²) < 4.78 is 27.5. The Kier molecular flexibility index (Phi) is 5.98. The van der Waals surface area contributed by atoms with E-state index in [9.17, 15) is 13.2 Å². The lowest BCUT2D eigenvalue weighted by Crippen LogP contribution is -2.45. The van der Waals surface area contributed by atoms with Crippen molar-refractivity contribution in [2.24, 2.45) is 5.92 Å². The summed E-state index contributed by atoms with van der Waals surface area (Å²) in [5.41, 5.74) is 4.94. The van der Waals surface area contributed by atoms with Crippen LogP contribution >= 0.6 is 0 Å². The van der Waals surface area contributed by atoms with Gasteiger partial charge in [-0.15, -0.1) is 0 Å². The minimum Gasteiger partial charge on any atom is -0.349 e. The molecule has 0 radical (unpaired) electrons. The van der Waals surface area contributed by atoms with E-state index in [4.69, 9.17) is 0 Å². The second kappa shape index (κ2) is 8.52. The minimum atomic E-state index is -3.58. The Balaban J connectivity index is 1.42. The molecule has 1 N–H and O–H groups in total. The van der Waals surface area contributed by atoms with Crippen molar-refractivity contribution >= 4 is 15.9 Å². The summed E-state index contributed by atoms with van der Waals surface area (Å²) in [5, 5.41) is 3.12. The smallest absolute Gasteiger partial charge is 0.243 e. The maximum absolute atomic E-state index is 13.0. The van der Waals surface area contributed by atoms with E-state index in [2.05, 4.69) is 23.5 Å². The van der Waals surface area contributed by atoms with Crippen molar-refractivity contribution < 1.29 is 13.2 Å². The second-order valence-corrected chi connectivity index (χ2v) is 10.6. The maximum Gasteiger partial charge on any atom is 0.243 e. The average molecular weight is 427 g/mol. The third-order valence-electron chi connectivity index (χ3n) is 6.39. The number of nitrogens with zero attached hydrogens (tertiary/aromatic N) is 1. The third-order valence-corrected chi connectivity index (χ3v) is 8.27. The fraction of sp³-hybridized carbons (Fsp3) is 0.458. The highest BCUT2D eigenvalue weighted by atomic mass is 32.2. The third kappa shape index (κ3) is 4.30. The van der Waals surface area contributed by atoms with Gasteiger partial charge in [0.05, 0.1) is 16.9 Å². The number of hydrogen-bond acceptors (Lipinski definition) is 3. The first-order chi connectivity index (χ1) is 14.3. The van der Waals surface area contributed by atoms with E-state index in [-0.39, 0.29) is 24.4 Å². The van der Waals surface area contributed by atoms with E-state index in [0.29, 0.717) is 24.3 Å². The number of carbonyl (C=O) groups is 1. The van der Waals surface area contributed by atoms with E-state index < -0.39 is 10.0 Å². The highest BCUT2D eigenvalue weighted by Gasteiger charge is 2.33. The summed E-state index contributed by atoms with van der Waals surface area (Å²) in [7, 11) is -3.58. The summed E-state index contributed by atoms with van der Waals surface area (Å²) in [6, 6.07) is 13.3. The number of aryl methyl sites for hydroxylation is 3. The summed E-state index contributed by atoms with van der Waals surface area (Å²) in [4.78, 5) is 13.2. The maximum atomic E-state index is 13.0. The molecular formula is C24H30N2O3S. The Morgan fingerprint density at radius 1 is 1.07 bits per heavy atom. The minimum absolute atomic E-state index is 0.0631. The summed E-state index contributed by atoms with van der Waals surface area (Å²) in [6.07, 6.45) is 4.86. The molecule has 1 aliphatic heterocycles. The van der Waals surface area contributed by atoms with Crippen LogP contribution in [-0.4, -0.2) is 31.7 Å². The van der Waals surface area contributed by atoms with Crippen molar-refractivity contribution in [2.45, 2.75) is 56.9 Å². The van der Waals surface area contributed by atoms with Crippen LogP contribution in [0, 0.1) is 12.8 Å². The summed E-state index contributed by atoms with van der Waals surface area (Å²) >= 11 is 0.